The van der Waals surface area contributed by atoms with Gasteiger partial charge >= 0.3 is 0 Å². The van der Waals surface area contributed by atoms with Crippen LogP contribution in [0, 0.1) is 0 Å². The molecule has 0 N–H and O–H groups in total. The van der Waals surface area contributed by atoms with Crippen molar-refractivity contribution in [3.05, 3.63) is 158 Å². The topological polar surface area (TPSA) is 0 Å². The summed E-state index contributed by atoms with van der Waals surface area (Å²) in [5.41, 5.74) is 5.17. The lowest BCUT2D eigenvalue weighted by Crippen LogP contribution is -1.93. The molecule has 0 amide bonds. The van der Waals surface area contributed by atoms with E-state index >= 15 is 0 Å². The lowest BCUT2D eigenvalue weighted by atomic mass is 9.82. The lowest BCUT2D eigenvalue weighted by Gasteiger charge is -2.20. The van der Waals surface area contributed by atoms with Gasteiger partial charge in [-0.25, -0.2) is 0 Å². The van der Waals surface area contributed by atoms with Gasteiger partial charge in [0.1, 0.15) is 0 Å². The quantitative estimate of drug-likeness (QED) is 0.154. The second kappa shape index (κ2) is 9.03. The molecule has 9 aromatic carbocycles. The summed E-state index contributed by atoms with van der Waals surface area (Å²) in [4.78, 5) is 0. The Kier molecular flexibility index (Phi) is 5.00. The van der Waals surface area contributed by atoms with Crippen LogP contribution in [0.4, 0.5) is 0 Å². The number of rotatable bonds is 2. The second-order valence-corrected chi connectivity index (χ2v) is 11.3. The molecular weight excluding hydrogens is 504 g/mol. The van der Waals surface area contributed by atoms with E-state index in [1.54, 1.807) is 0 Å². The van der Waals surface area contributed by atoms with Crippen molar-refractivity contribution in [2.75, 3.05) is 0 Å². The molecule has 42 heavy (non-hydrogen) atoms. The summed E-state index contributed by atoms with van der Waals surface area (Å²) in [5, 5.41) is 15.4. The average molecular weight is 531 g/mol. The Hall–Kier alpha value is -5.46. The Bertz CT molecular complexity index is 2450. The molecule has 0 aromatic heterocycles. The van der Waals surface area contributed by atoms with E-state index in [1.807, 2.05) is 0 Å². The summed E-state index contributed by atoms with van der Waals surface area (Å²) in [6.07, 6.45) is 0. The minimum absolute atomic E-state index is 1.26. The zero-order chi connectivity index (χ0) is 27.6. The summed E-state index contributed by atoms with van der Waals surface area (Å²) in [6, 6.07) is 58.1. The van der Waals surface area contributed by atoms with Crippen molar-refractivity contribution in [2.24, 2.45) is 0 Å². The Morgan fingerprint density at radius 2 is 0.643 bits per heavy atom. The Labute approximate surface area is 244 Å². The van der Waals surface area contributed by atoms with Gasteiger partial charge in [-0.15, -0.1) is 0 Å². The highest BCUT2D eigenvalue weighted by molar-refractivity contribution is 6.27. The van der Waals surface area contributed by atoms with E-state index in [4.69, 9.17) is 0 Å². The van der Waals surface area contributed by atoms with Crippen molar-refractivity contribution < 1.29 is 0 Å². The molecule has 9 rings (SSSR count). The zero-order valence-electron chi connectivity index (χ0n) is 23.0. The van der Waals surface area contributed by atoms with Crippen molar-refractivity contribution >= 4 is 64.6 Å². The van der Waals surface area contributed by atoms with Gasteiger partial charge < -0.3 is 0 Å². The normalized spacial score (nSPS) is 11.8. The fourth-order valence-corrected chi connectivity index (χ4v) is 7.15. The third-order valence-electron chi connectivity index (χ3n) is 8.99. The highest BCUT2D eigenvalue weighted by Crippen LogP contribution is 2.47. The molecule has 0 aliphatic carbocycles. The van der Waals surface area contributed by atoms with Gasteiger partial charge in [-0.05, 0) is 105 Å². The first kappa shape index (κ1) is 23.3. The minimum atomic E-state index is 1.26. The van der Waals surface area contributed by atoms with E-state index in [0.29, 0.717) is 0 Å². The maximum Gasteiger partial charge on any atom is -0.00199 e. The van der Waals surface area contributed by atoms with Crippen LogP contribution >= 0.6 is 0 Å². The molecule has 0 radical (unpaired) electrons. The Morgan fingerprint density at radius 3 is 1.26 bits per heavy atom. The van der Waals surface area contributed by atoms with Crippen LogP contribution in [0.15, 0.2) is 158 Å². The summed E-state index contributed by atoms with van der Waals surface area (Å²) in [7, 11) is 0. The molecule has 0 heterocycles. The molecule has 0 fully saturated rings. The standard InChI is InChI=1S/C42H26/c1-2-14-29-25-39-38(24-28(29)13-1)32-18-6-4-15-30(32)26-40(39)42-36-21-9-7-19-34(36)41(35-20-8-10-22-37(35)42)33-23-11-16-27-12-3-5-17-31(27)33/h1-26H. The molecule has 0 spiro atoms. The summed E-state index contributed by atoms with van der Waals surface area (Å²) < 4.78 is 0. The first-order chi connectivity index (χ1) is 20.8. The van der Waals surface area contributed by atoms with Gasteiger partial charge in [-0.2, -0.15) is 0 Å². The molecule has 0 saturated heterocycles. The molecule has 0 nitrogen and oxygen atoms in total. The van der Waals surface area contributed by atoms with Crippen LogP contribution in [-0.2, 0) is 0 Å². The Balaban J connectivity index is 1.50. The van der Waals surface area contributed by atoms with E-state index in [9.17, 15) is 0 Å². The number of fused-ring (bicyclic) bond motifs is 7. The van der Waals surface area contributed by atoms with E-state index < -0.39 is 0 Å². The van der Waals surface area contributed by atoms with Crippen LogP contribution in [0.1, 0.15) is 0 Å². The molecule has 194 valence electrons. The fourth-order valence-electron chi connectivity index (χ4n) is 7.15. The van der Waals surface area contributed by atoms with Crippen LogP contribution in [0.3, 0.4) is 0 Å². The SMILES string of the molecule is c1ccc2cc3c(cc2c1)c(-c1c2ccccc2c(-c2cccc4ccccc24)c2ccccc12)cc1ccccc13. The van der Waals surface area contributed by atoms with E-state index in [0.717, 1.165) is 0 Å². The van der Waals surface area contributed by atoms with Gasteiger partial charge in [0.2, 0.25) is 0 Å². The van der Waals surface area contributed by atoms with E-state index in [1.165, 1.54) is 86.9 Å². The molecule has 0 heteroatoms. The van der Waals surface area contributed by atoms with Gasteiger partial charge in [0, 0.05) is 0 Å². The van der Waals surface area contributed by atoms with Crippen LogP contribution < -0.4 is 0 Å². The first-order valence-corrected chi connectivity index (χ1v) is 14.6. The van der Waals surface area contributed by atoms with Crippen molar-refractivity contribution in [1.29, 1.82) is 0 Å². The zero-order valence-corrected chi connectivity index (χ0v) is 23.0. The minimum Gasteiger partial charge on any atom is -0.0616 e. The molecule has 9 aromatic rings. The molecule has 0 saturated carbocycles. The monoisotopic (exact) mass is 530 g/mol. The molecular formula is C42H26. The highest BCUT2D eigenvalue weighted by atomic mass is 14.2. The molecule has 0 aliphatic rings. The van der Waals surface area contributed by atoms with Crippen molar-refractivity contribution in [3.63, 3.8) is 0 Å². The second-order valence-electron chi connectivity index (χ2n) is 11.3. The van der Waals surface area contributed by atoms with Gasteiger partial charge in [-0.1, -0.05) is 140 Å². The average Bonchev–Trinajstić information content (AvgIpc) is 3.06. The smallest absolute Gasteiger partial charge is 0.00199 e. The van der Waals surface area contributed by atoms with Crippen molar-refractivity contribution in [1.82, 2.24) is 0 Å². The highest BCUT2D eigenvalue weighted by Gasteiger charge is 2.20. The fraction of sp³-hybridized carbons (Fsp3) is 0. The molecule has 0 bridgehead atoms. The van der Waals surface area contributed by atoms with Gasteiger partial charge in [-0.3, -0.25) is 0 Å². The predicted molar refractivity (Wildman–Crippen MR) is 182 cm³/mol. The number of hydrogen-bond acceptors (Lipinski definition) is 0. The third-order valence-corrected chi connectivity index (χ3v) is 8.99. The van der Waals surface area contributed by atoms with Gasteiger partial charge in [0.05, 0.1) is 0 Å². The van der Waals surface area contributed by atoms with Crippen LogP contribution in [-0.4, -0.2) is 0 Å². The number of hydrogen-bond donors (Lipinski definition) is 0. The number of benzene rings is 9. The van der Waals surface area contributed by atoms with E-state index in [-0.39, 0.29) is 0 Å². The van der Waals surface area contributed by atoms with Gasteiger partial charge in [0.25, 0.3) is 0 Å². The van der Waals surface area contributed by atoms with E-state index in [2.05, 4.69) is 158 Å². The van der Waals surface area contributed by atoms with Crippen molar-refractivity contribution in [2.45, 2.75) is 0 Å². The van der Waals surface area contributed by atoms with Crippen molar-refractivity contribution in [3.8, 4) is 22.3 Å². The molecule has 0 unspecified atom stereocenters. The Morgan fingerprint density at radius 1 is 0.214 bits per heavy atom. The maximum atomic E-state index is 2.41. The van der Waals surface area contributed by atoms with Crippen LogP contribution in [0.2, 0.25) is 0 Å². The first-order valence-electron chi connectivity index (χ1n) is 14.6. The lowest BCUT2D eigenvalue weighted by molar-refractivity contribution is 1.69. The summed E-state index contributed by atoms with van der Waals surface area (Å²) >= 11 is 0. The maximum absolute atomic E-state index is 2.41. The summed E-state index contributed by atoms with van der Waals surface area (Å²) in [6.45, 7) is 0. The largest absolute Gasteiger partial charge is 0.0616 e. The van der Waals surface area contributed by atoms with Crippen LogP contribution in [0.25, 0.3) is 86.9 Å². The van der Waals surface area contributed by atoms with Crippen LogP contribution in [0.5, 0.6) is 0 Å². The predicted octanol–water partition coefficient (Wildman–Crippen LogP) is 11.9. The molecule has 0 atom stereocenters. The third kappa shape index (κ3) is 3.36. The molecule has 0 aliphatic heterocycles. The summed E-state index contributed by atoms with van der Waals surface area (Å²) in [5.74, 6) is 0. The van der Waals surface area contributed by atoms with Gasteiger partial charge in [0.15, 0.2) is 0 Å².